The van der Waals surface area contributed by atoms with E-state index in [4.69, 9.17) is 0 Å². The van der Waals surface area contributed by atoms with E-state index in [1.807, 2.05) is 0 Å². The second kappa shape index (κ2) is 9.31. The van der Waals surface area contributed by atoms with Crippen molar-refractivity contribution in [3.8, 4) is 0 Å². The number of alkyl halides is 1. The highest BCUT2D eigenvalue weighted by Crippen LogP contribution is 2.20. The Kier molecular flexibility index (Phi) is 8.98. The molecule has 0 aromatic heterocycles. The lowest BCUT2D eigenvalue weighted by atomic mass is 9.97. The average molecular weight is 262 g/mol. The standard InChI is InChI=1S/C14H27FO3/c1-14(2,15)12(16)10-8-6-4-5-7-9-11-13(17)18-3/h12,16H,4-11H2,1-3H3. The molecule has 0 aliphatic carbocycles. The number of esters is 1. The molecule has 0 amide bonds. The minimum absolute atomic E-state index is 0.150. The number of ether oxygens (including phenoxy) is 1. The molecule has 0 spiro atoms. The highest BCUT2D eigenvalue weighted by atomic mass is 19.1. The van der Waals surface area contributed by atoms with Gasteiger partial charge in [0.25, 0.3) is 0 Å². The Labute approximate surface area is 110 Å². The average Bonchev–Trinajstić information content (AvgIpc) is 2.30. The van der Waals surface area contributed by atoms with E-state index in [2.05, 4.69) is 4.74 Å². The van der Waals surface area contributed by atoms with Gasteiger partial charge in [-0.2, -0.15) is 0 Å². The van der Waals surface area contributed by atoms with Gasteiger partial charge in [-0.05, 0) is 26.7 Å². The summed E-state index contributed by atoms with van der Waals surface area (Å²) in [6, 6.07) is 0. The molecule has 4 heteroatoms. The Balaban J connectivity index is 3.29. The molecule has 108 valence electrons. The van der Waals surface area contributed by atoms with Crippen molar-refractivity contribution in [2.24, 2.45) is 0 Å². The first-order valence-electron chi connectivity index (χ1n) is 6.81. The number of rotatable bonds is 10. The van der Waals surface area contributed by atoms with Crippen molar-refractivity contribution >= 4 is 5.97 Å². The summed E-state index contributed by atoms with van der Waals surface area (Å²) in [6.45, 7) is 2.81. The van der Waals surface area contributed by atoms with E-state index >= 15 is 0 Å². The van der Waals surface area contributed by atoms with Crippen molar-refractivity contribution in [1.29, 1.82) is 0 Å². The summed E-state index contributed by atoms with van der Waals surface area (Å²) in [5.41, 5.74) is -1.50. The Hall–Kier alpha value is -0.640. The van der Waals surface area contributed by atoms with Crippen molar-refractivity contribution in [3.63, 3.8) is 0 Å². The van der Waals surface area contributed by atoms with Crippen LogP contribution in [-0.2, 0) is 9.53 Å². The predicted octanol–water partition coefficient (Wildman–Crippen LogP) is 3.39. The van der Waals surface area contributed by atoms with Gasteiger partial charge in [0.1, 0.15) is 5.67 Å². The summed E-state index contributed by atoms with van der Waals surface area (Å²) in [6.07, 6.45) is 6.04. The van der Waals surface area contributed by atoms with Crippen LogP contribution in [0.15, 0.2) is 0 Å². The summed E-state index contributed by atoms with van der Waals surface area (Å²) in [4.78, 5) is 10.8. The molecule has 1 atom stereocenters. The van der Waals surface area contributed by atoms with Crippen molar-refractivity contribution in [2.45, 2.75) is 77.0 Å². The molecule has 0 heterocycles. The first-order chi connectivity index (χ1) is 8.38. The Morgan fingerprint density at radius 3 is 2.17 bits per heavy atom. The lowest BCUT2D eigenvalue weighted by Crippen LogP contribution is -2.31. The molecule has 0 aliphatic rings. The van der Waals surface area contributed by atoms with Gasteiger partial charge >= 0.3 is 5.97 Å². The lowest BCUT2D eigenvalue weighted by Gasteiger charge is -2.21. The molecule has 0 aromatic carbocycles. The smallest absolute Gasteiger partial charge is 0.305 e. The number of methoxy groups -OCH3 is 1. The molecule has 0 saturated heterocycles. The molecule has 0 rings (SSSR count). The molecule has 1 N–H and O–H groups in total. The van der Waals surface area contributed by atoms with Gasteiger partial charge in [-0.25, -0.2) is 4.39 Å². The number of carbonyl (C=O) groups is 1. The van der Waals surface area contributed by atoms with Crippen molar-refractivity contribution < 1.29 is 19.0 Å². The largest absolute Gasteiger partial charge is 0.469 e. The lowest BCUT2D eigenvalue weighted by molar-refractivity contribution is -0.140. The van der Waals surface area contributed by atoms with Crippen LogP contribution in [0.25, 0.3) is 0 Å². The fraction of sp³-hybridized carbons (Fsp3) is 0.929. The molecule has 0 bridgehead atoms. The number of aliphatic hydroxyl groups is 1. The fourth-order valence-corrected chi connectivity index (χ4v) is 1.76. The zero-order chi connectivity index (χ0) is 14.0. The molecule has 0 aliphatic heterocycles. The normalized spacial score (nSPS) is 13.4. The predicted molar refractivity (Wildman–Crippen MR) is 70.1 cm³/mol. The maximum Gasteiger partial charge on any atom is 0.305 e. The molecule has 18 heavy (non-hydrogen) atoms. The monoisotopic (exact) mass is 262 g/mol. The topological polar surface area (TPSA) is 46.5 Å². The van der Waals surface area contributed by atoms with Crippen LogP contribution in [0.2, 0.25) is 0 Å². The number of carbonyl (C=O) groups excluding carboxylic acids is 1. The molecule has 1 unspecified atom stereocenters. The minimum atomic E-state index is -1.50. The van der Waals surface area contributed by atoms with E-state index in [0.717, 1.165) is 38.5 Å². The van der Waals surface area contributed by atoms with Crippen molar-refractivity contribution in [1.82, 2.24) is 0 Å². The molecular weight excluding hydrogens is 235 g/mol. The summed E-state index contributed by atoms with van der Waals surface area (Å²) < 4.78 is 17.8. The summed E-state index contributed by atoms with van der Waals surface area (Å²) in [5.74, 6) is -0.150. The van der Waals surface area contributed by atoms with Gasteiger partial charge in [0.15, 0.2) is 0 Å². The minimum Gasteiger partial charge on any atom is -0.469 e. The fourth-order valence-electron chi connectivity index (χ4n) is 1.76. The number of aliphatic hydroxyl groups excluding tert-OH is 1. The van der Waals surface area contributed by atoms with E-state index in [-0.39, 0.29) is 5.97 Å². The molecular formula is C14H27FO3. The van der Waals surface area contributed by atoms with Crippen LogP contribution in [0.5, 0.6) is 0 Å². The van der Waals surface area contributed by atoms with Crippen molar-refractivity contribution in [2.75, 3.05) is 7.11 Å². The van der Waals surface area contributed by atoms with Gasteiger partial charge in [-0.15, -0.1) is 0 Å². The van der Waals surface area contributed by atoms with Gasteiger partial charge in [-0.1, -0.05) is 32.1 Å². The van der Waals surface area contributed by atoms with Gasteiger partial charge in [0.05, 0.1) is 13.2 Å². The zero-order valence-corrected chi connectivity index (χ0v) is 11.9. The molecule has 3 nitrogen and oxygen atoms in total. The van der Waals surface area contributed by atoms with Crippen LogP contribution in [0.3, 0.4) is 0 Å². The molecule has 0 saturated carbocycles. The third-order valence-electron chi connectivity index (χ3n) is 3.13. The number of halogens is 1. The summed E-state index contributed by atoms with van der Waals surface area (Å²) in [5, 5.41) is 9.49. The van der Waals surface area contributed by atoms with Crippen LogP contribution in [-0.4, -0.2) is 30.0 Å². The van der Waals surface area contributed by atoms with Crippen LogP contribution in [0.4, 0.5) is 4.39 Å². The maximum absolute atomic E-state index is 13.3. The first kappa shape index (κ1) is 17.4. The van der Waals surface area contributed by atoms with Crippen LogP contribution >= 0.6 is 0 Å². The third-order valence-corrected chi connectivity index (χ3v) is 3.13. The van der Waals surface area contributed by atoms with Gasteiger partial charge < -0.3 is 9.84 Å². The molecule has 0 radical (unpaired) electrons. The molecule has 0 fully saturated rings. The van der Waals surface area contributed by atoms with E-state index in [0.29, 0.717) is 12.8 Å². The van der Waals surface area contributed by atoms with Crippen molar-refractivity contribution in [3.05, 3.63) is 0 Å². The number of hydrogen-bond donors (Lipinski definition) is 1. The second-order valence-corrected chi connectivity index (χ2v) is 5.32. The first-order valence-corrected chi connectivity index (χ1v) is 6.81. The Morgan fingerprint density at radius 1 is 1.17 bits per heavy atom. The highest BCUT2D eigenvalue weighted by Gasteiger charge is 2.25. The second-order valence-electron chi connectivity index (χ2n) is 5.32. The van der Waals surface area contributed by atoms with Gasteiger partial charge in [0.2, 0.25) is 0 Å². The quantitative estimate of drug-likeness (QED) is 0.485. The third kappa shape index (κ3) is 9.40. The zero-order valence-electron chi connectivity index (χ0n) is 11.9. The maximum atomic E-state index is 13.3. The van der Waals surface area contributed by atoms with Crippen LogP contribution in [0, 0.1) is 0 Å². The Morgan fingerprint density at radius 2 is 1.67 bits per heavy atom. The SMILES string of the molecule is COC(=O)CCCCCCCCC(O)C(C)(C)F. The van der Waals surface area contributed by atoms with Crippen LogP contribution < -0.4 is 0 Å². The van der Waals surface area contributed by atoms with Gasteiger partial charge in [-0.3, -0.25) is 4.79 Å². The highest BCUT2D eigenvalue weighted by molar-refractivity contribution is 5.68. The van der Waals surface area contributed by atoms with E-state index in [1.54, 1.807) is 0 Å². The van der Waals surface area contributed by atoms with Gasteiger partial charge in [0, 0.05) is 6.42 Å². The van der Waals surface area contributed by atoms with E-state index < -0.39 is 11.8 Å². The number of unbranched alkanes of at least 4 members (excludes halogenated alkanes) is 5. The summed E-state index contributed by atoms with van der Waals surface area (Å²) in [7, 11) is 1.40. The number of hydrogen-bond acceptors (Lipinski definition) is 3. The Bertz CT molecular complexity index is 224. The van der Waals surface area contributed by atoms with E-state index in [9.17, 15) is 14.3 Å². The van der Waals surface area contributed by atoms with Crippen LogP contribution in [0.1, 0.15) is 65.2 Å². The van der Waals surface area contributed by atoms with E-state index in [1.165, 1.54) is 21.0 Å². The summed E-state index contributed by atoms with van der Waals surface area (Å²) >= 11 is 0. The molecule has 0 aromatic rings.